The molecule has 2 aromatic carbocycles. The van der Waals surface area contributed by atoms with E-state index in [1.165, 1.54) is 29.9 Å². The minimum atomic E-state index is 0.515. The van der Waals surface area contributed by atoms with Crippen molar-refractivity contribution >= 4 is 28.8 Å². The minimum Gasteiger partial charge on any atom is -0.497 e. The smallest absolute Gasteiger partial charge is 0.243 e. The van der Waals surface area contributed by atoms with E-state index in [2.05, 4.69) is 41.8 Å². The van der Waals surface area contributed by atoms with Crippen molar-refractivity contribution in [2.24, 2.45) is 5.92 Å². The first-order valence-corrected chi connectivity index (χ1v) is 12.7. The summed E-state index contributed by atoms with van der Waals surface area (Å²) in [5.41, 5.74) is 7.05. The first-order chi connectivity index (χ1) is 17.1. The number of quaternary nitrogens is 1. The molecule has 1 aliphatic heterocycles. The van der Waals surface area contributed by atoms with Gasteiger partial charge in [0.25, 0.3) is 0 Å². The van der Waals surface area contributed by atoms with Gasteiger partial charge in [0.2, 0.25) is 5.82 Å². The molecule has 6 rings (SSSR count). The Kier molecular flexibility index (Phi) is 5.55. The Hall–Kier alpha value is -2.93. The van der Waals surface area contributed by atoms with Gasteiger partial charge in [0.05, 0.1) is 61.0 Å². The number of hydrogen-bond acceptors (Lipinski definition) is 4. The van der Waals surface area contributed by atoms with Crippen LogP contribution in [-0.4, -0.2) is 34.8 Å². The number of aryl methyl sites for hydroxylation is 1. The van der Waals surface area contributed by atoms with Crippen molar-refractivity contribution in [2.75, 3.05) is 20.2 Å². The maximum atomic E-state index is 6.75. The molecule has 0 spiro atoms. The molecule has 7 heteroatoms. The van der Waals surface area contributed by atoms with Crippen LogP contribution in [-0.2, 0) is 18.0 Å². The van der Waals surface area contributed by atoms with E-state index in [4.69, 9.17) is 31.2 Å². The molecule has 1 fully saturated rings. The second-order valence-corrected chi connectivity index (χ2v) is 10.0. The van der Waals surface area contributed by atoms with Crippen LogP contribution in [0.3, 0.4) is 0 Å². The Morgan fingerprint density at radius 3 is 2.63 bits per heavy atom. The van der Waals surface area contributed by atoms with Gasteiger partial charge in [-0.3, -0.25) is 0 Å². The fraction of sp³-hybridized carbons (Fsp3) is 0.357. The molecular weight excluding hydrogens is 460 g/mol. The van der Waals surface area contributed by atoms with E-state index < -0.39 is 0 Å². The van der Waals surface area contributed by atoms with E-state index in [9.17, 15) is 0 Å². The van der Waals surface area contributed by atoms with Crippen molar-refractivity contribution in [3.8, 4) is 16.9 Å². The summed E-state index contributed by atoms with van der Waals surface area (Å²) in [7, 11) is 1.65. The third kappa shape index (κ3) is 3.63. The maximum Gasteiger partial charge on any atom is 0.243 e. The van der Waals surface area contributed by atoms with Crippen molar-refractivity contribution in [1.82, 2.24) is 19.1 Å². The standard InChI is InChI=1S/C28H30ClN4O2/c1-4-33(15-19-10-11-19,20-8-6-5-7-9-20)28-23-16-35-17-25(23)30-27-26(18(2)31-32(27)28)22-13-12-21(34-3)14-24(22)29/h5-9,12-14,19H,4,10-11,15-17H2,1-3H3/q+1. The molecule has 0 saturated heterocycles. The van der Waals surface area contributed by atoms with Crippen molar-refractivity contribution in [1.29, 1.82) is 0 Å². The summed E-state index contributed by atoms with van der Waals surface area (Å²) in [4.78, 5) is 5.11. The molecular formula is C28H30ClN4O2+. The van der Waals surface area contributed by atoms with Crippen LogP contribution in [0.1, 0.15) is 36.7 Å². The first kappa shape index (κ1) is 22.5. The third-order valence-electron chi connectivity index (χ3n) is 7.49. The Morgan fingerprint density at radius 1 is 1.14 bits per heavy atom. The van der Waals surface area contributed by atoms with Gasteiger partial charge in [-0.2, -0.15) is 9.61 Å². The predicted molar refractivity (Wildman–Crippen MR) is 139 cm³/mol. The molecule has 1 aliphatic carbocycles. The highest BCUT2D eigenvalue weighted by Crippen LogP contribution is 2.46. The van der Waals surface area contributed by atoms with Crippen molar-refractivity contribution in [3.05, 3.63) is 70.5 Å². The van der Waals surface area contributed by atoms with Crippen molar-refractivity contribution in [2.45, 2.75) is 39.9 Å². The number of nitrogens with zero attached hydrogens (tertiary/aromatic N) is 4. The number of hydrogen-bond donors (Lipinski definition) is 0. The van der Waals surface area contributed by atoms with E-state index >= 15 is 0 Å². The number of fused-ring (bicyclic) bond motifs is 2. The molecule has 1 atom stereocenters. The molecule has 1 saturated carbocycles. The summed E-state index contributed by atoms with van der Waals surface area (Å²) >= 11 is 6.75. The zero-order chi connectivity index (χ0) is 24.2. The SMILES string of the molecule is CC[N+](CC1CC1)(c1ccccc1)c1c2c(nc3c(-c4ccc(OC)cc4Cl)c(C)nn13)COC2. The van der Waals surface area contributed by atoms with Crippen molar-refractivity contribution < 1.29 is 9.47 Å². The molecule has 2 aliphatic rings. The number of halogens is 1. The lowest BCUT2D eigenvalue weighted by Gasteiger charge is -2.37. The Labute approximate surface area is 210 Å². The molecule has 4 aromatic rings. The fourth-order valence-electron chi connectivity index (χ4n) is 5.55. The quantitative estimate of drug-likeness (QED) is 0.279. The van der Waals surface area contributed by atoms with E-state index in [1.54, 1.807) is 7.11 Å². The Morgan fingerprint density at radius 2 is 1.94 bits per heavy atom. The molecule has 0 N–H and O–H groups in total. The normalized spacial score (nSPS) is 16.9. The second kappa shape index (κ2) is 8.63. The summed E-state index contributed by atoms with van der Waals surface area (Å²) in [5.74, 6) is 2.61. The zero-order valence-corrected chi connectivity index (χ0v) is 21.2. The lowest BCUT2D eigenvalue weighted by Crippen LogP contribution is -2.48. The number of aromatic nitrogens is 3. The van der Waals surface area contributed by atoms with Gasteiger partial charge in [0.15, 0.2) is 5.65 Å². The summed E-state index contributed by atoms with van der Waals surface area (Å²) < 4.78 is 14.2. The summed E-state index contributed by atoms with van der Waals surface area (Å²) in [6.07, 6.45) is 2.56. The molecule has 1 unspecified atom stereocenters. The van der Waals surface area contributed by atoms with Gasteiger partial charge in [-0.05, 0) is 57.0 Å². The number of methoxy groups -OCH3 is 1. The molecule has 6 nitrogen and oxygen atoms in total. The number of ether oxygens (including phenoxy) is 2. The maximum absolute atomic E-state index is 6.75. The minimum absolute atomic E-state index is 0.515. The summed E-state index contributed by atoms with van der Waals surface area (Å²) in [6, 6.07) is 16.6. The average Bonchev–Trinajstić information content (AvgIpc) is 3.47. The van der Waals surface area contributed by atoms with E-state index in [0.29, 0.717) is 24.2 Å². The second-order valence-electron chi connectivity index (χ2n) is 9.64. The van der Waals surface area contributed by atoms with Crippen LogP contribution in [0.15, 0.2) is 48.5 Å². The molecule has 0 radical (unpaired) electrons. The van der Waals surface area contributed by atoms with Gasteiger partial charge in [0, 0.05) is 11.5 Å². The van der Waals surface area contributed by atoms with Gasteiger partial charge in [0.1, 0.15) is 11.4 Å². The van der Waals surface area contributed by atoms with Gasteiger partial charge in [-0.15, -0.1) is 0 Å². The molecule has 180 valence electrons. The summed E-state index contributed by atoms with van der Waals surface area (Å²) in [5, 5.41) is 5.74. The van der Waals surface area contributed by atoms with Gasteiger partial charge in [-0.1, -0.05) is 29.8 Å². The van der Waals surface area contributed by atoms with E-state index in [0.717, 1.165) is 51.5 Å². The number of benzene rings is 2. The van der Waals surface area contributed by atoms with E-state index in [1.807, 2.05) is 25.1 Å². The highest BCUT2D eigenvalue weighted by atomic mass is 35.5. The van der Waals surface area contributed by atoms with Gasteiger partial charge in [-0.25, -0.2) is 9.47 Å². The van der Waals surface area contributed by atoms with Crippen LogP contribution in [0.2, 0.25) is 5.02 Å². The van der Waals surface area contributed by atoms with Crippen molar-refractivity contribution in [3.63, 3.8) is 0 Å². The van der Waals surface area contributed by atoms with Crippen LogP contribution in [0.5, 0.6) is 5.75 Å². The van der Waals surface area contributed by atoms with Crippen LogP contribution >= 0.6 is 11.6 Å². The van der Waals surface area contributed by atoms with E-state index in [-0.39, 0.29) is 0 Å². The van der Waals surface area contributed by atoms with Gasteiger partial charge >= 0.3 is 0 Å². The molecule has 0 amide bonds. The van der Waals surface area contributed by atoms with Crippen LogP contribution < -0.4 is 9.22 Å². The largest absolute Gasteiger partial charge is 0.497 e. The third-order valence-corrected chi connectivity index (χ3v) is 7.80. The molecule has 3 heterocycles. The number of para-hydroxylation sites is 1. The van der Waals surface area contributed by atoms with Crippen LogP contribution in [0.4, 0.5) is 11.5 Å². The van der Waals surface area contributed by atoms with Crippen LogP contribution in [0.25, 0.3) is 16.8 Å². The highest BCUT2D eigenvalue weighted by molar-refractivity contribution is 6.33. The van der Waals surface area contributed by atoms with Crippen LogP contribution in [0, 0.1) is 12.8 Å². The molecule has 2 aromatic heterocycles. The predicted octanol–water partition coefficient (Wildman–Crippen LogP) is 6.47. The lowest BCUT2D eigenvalue weighted by atomic mass is 10.1. The average molecular weight is 490 g/mol. The molecule has 35 heavy (non-hydrogen) atoms. The number of rotatable bonds is 7. The lowest BCUT2D eigenvalue weighted by molar-refractivity contribution is 0.132. The topological polar surface area (TPSA) is 48.7 Å². The monoisotopic (exact) mass is 489 g/mol. The van der Waals surface area contributed by atoms with Gasteiger partial charge < -0.3 is 9.47 Å². The first-order valence-electron chi connectivity index (χ1n) is 12.3. The Bertz CT molecular complexity index is 1410. The molecule has 0 bridgehead atoms. The fourth-order valence-corrected chi connectivity index (χ4v) is 5.81. The summed E-state index contributed by atoms with van der Waals surface area (Å²) in [6.45, 7) is 7.36. The highest BCUT2D eigenvalue weighted by Gasteiger charge is 2.44. The Balaban J connectivity index is 1.67. The zero-order valence-electron chi connectivity index (χ0n) is 20.4.